The fraction of sp³-hybridized carbons (Fsp3) is 0.0476. The molecule has 0 spiro atoms. The number of nitrogens with zero attached hydrogens (tertiary/aromatic N) is 2. The van der Waals surface area contributed by atoms with Crippen molar-refractivity contribution in [2.75, 3.05) is 0 Å². The highest BCUT2D eigenvalue weighted by Gasteiger charge is 2.09. The summed E-state index contributed by atoms with van der Waals surface area (Å²) in [6, 6.07) is 22.1. The van der Waals surface area contributed by atoms with Crippen molar-refractivity contribution in [2.24, 2.45) is 12.0 Å². The van der Waals surface area contributed by atoms with E-state index in [0.717, 1.165) is 16.0 Å². The Bertz CT molecular complexity index is 1180. The molecule has 0 bridgehead atoms. The molecule has 0 radical (unpaired) electrons. The maximum Gasteiger partial charge on any atom is 0.279 e. The number of halogens is 1. The number of hydrogen-bond donors (Lipinski definition) is 0. The molecule has 4 rings (SSSR count). The molecular formula is C21H15ClN2O2S. The molecule has 0 aliphatic rings. The second-order valence-electron chi connectivity index (χ2n) is 5.89. The van der Waals surface area contributed by atoms with Gasteiger partial charge in [0.25, 0.3) is 5.91 Å². The molecule has 0 aliphatic heterocycles. The fourth-order valence-electron chi connectivity index (χ4n) is 2.71. The lowest BCUT2D eigenvalue weighted by Crippen LogP contribution is -2.13. The number of benzene rings is 3. The van der Waals surface area contributed by atoms with Gasteiger partial charge in [0.2, 0.25) is 0 Å². The van der Waals surface area contributed by atoms with E-state index in [-0.39, 0.29) is 5.91 Å². The maximum atomic E-state index is 12.6. The normalized spacial score (nSPS) is 11.7. The summed E-state index contributed by atoms with van der Waals surface area (Å²) >= 11 is 7.69. The summed E-state index contributed by atoms with van der Waals surface area (Å²) in [6.45, 7) is 0. The minimum Gasteiger partial charge on any atom is -0.457 e. The Labute approximate surface area is 165 Å². The lowest BCUT2D eigenvalue weighted by molar-refractivity contribution is 0.0998. The van der Waals surface area contributed by atoms with E-state index in [1.165, 1.54) is 11.3 Å². The van der Waals surface area contributed by atoms with Crippen LogP contribution in [0.3, 0.4) is 0 Å². The lowest BCUT2D eigenvalue weighted by atomic mass is 10.2. The first-order valence-electron chi connectivity index (χ1n) is 8.28. The van der Waals surface area contributed by atoms with Crippen LogP contribution >= 0.6 is 22.9 Å². The summed E-state index contributed by atoms with van der Waals surface area (Å²) in [5, 5.41) is 0.641. The third kappa shape index (κ3) is 3.65. The van der Waals surface area contributed by atoms with Gasteiger partial charge in [-0.1, -0.05) is 47.2 Å². The molecule has 0 atom stereocenters. The smallest absolute Gasteiger partial charge is 0.279 e. The molecule has 27 heavy (non-hydrogen) atoms. The Morgan fingerprint density at radius 2 is 1.67 bits per heavy atom. The van der Waals surface area contributed by atoms with E-state index in [9.17, 15) is 4.79 Å². The first kappa shape index (κ1) is 17.5. The number of fused-ring (bicyclic) bond motifs is 1. The number of carbonyl (C=O) groups excluding carboxylic acids is 1. The first-order chi connectivity index (χ1) is 13.1. The quantitative estimate of drug-likeness (QED) is 0.465. The number of ether oxygens (including phenoxy) is 1. The molecule has 0 N–H and O–H groups in total. The van der Waals surface area contributed by atoms with Crippen LogP contribution < -0.4 is 9.54 Å². The average molecular weight is 395 g/mol. The van der Waals surface area contributed by atoms with E-state index in [1.807, 2.05) is 60.1 Å². The molecule has 0 aliphatic carbocycles. The molecule has 6 heteroatoms. The Balaban J connectivity index is 1.61. The molecule has 3 aromatic carbocycles. The molecule has 0 saturated carbocycles. The Hall–Kier alpha value is -2.89. The van der Waals surface area contributed by atoms with Crippen molar-refractivity contribution in [2.45, 2.75) is 0 Å². The van der Waals surface area contributed by atoms with Gasteiger partial charge in [-0.3, -0.25) is 4.79 Å². The topological polar surface area (TPSA) is 43.6 Å². The molecule has 0 saturated heterocycles. The molecule has 4 aromatic rings. The standard InChI is InChI=1S/C21H15ClN2O2S/c1-24-19-17(22)8-5-9-18(19)27-21(24)23-20(25)14-10-12-16(13-11-14)26-15-6-3-2-4-7-15/h2-13H,1H3. The average Bonchev–Trinajstić information content (AvgIpc) is 3.00. The predicted octanol–water partition coefficient (Wildman–Crippen LogP) is 5.43. The Morgan fingerprint density at radius 3 is 2.37 bits per heavy atom. The molecular weight excluding hydrogens is 380 g/mol. The molecule has 1 aromatic heterocycles. The van der Waals surface area contributed by atoms with Gasteiger partial charge in [-0.2, -0.15) is 4.99 Å². The number of carbonyl (C=O) groups is 1. The van der Waals surface area contributed by atoms with Crippen LogP contribution in [0.2, 0.25) is 5.02 Å². The van der Waals surface area contributed by atoms with Gasteiger partial charge in [0.1, 0.15) is 11.5 Å². The summed E-state index contributed by atoms with van der Waals surface area (Å²) in [6.07, 6.45) is 0. The third-order valence-corrected chi connectivity index (χ3v) is 5.45. The summed E-state index contributed by atoms with van der Waals surface area (Å²) in [4.78, 5) is 17.4. The van der Waals surface area contributed by atoms with Crippen molar-refractivity contribution in [3.8, 4) is 11.5 Å². The van der Waals surface area contributed by atoms with Gasteiger partial charge in [0.15, 0.2) is 4.80 Å². The lowest BCUT2D eigenvalue weighted by Gasteiger charge is -2.05. The molecule has 0 unspecified atom stereocenters. The van der Waals surface area contributed by atoms with Crippen LogP contribution in [0, 0.1) is 0 Å². The number of aryl methyl sites for hydroxylation is 1. The van der Waals surface area contributed by atoms with Crippen molar-refractivity contribution >= 4 is 39.1 Å². The van der Waals surface area contributed by atoms with E-state index in [4.69, 9.17) is 16.3 Å². The van der Waals surface area contributed by atoms with Gasteiger partial charge in [0.05, 0.1) is 15.2 Å². The summed E-state index contributed by atoms with van der Waals surface area (Å²) < 4.78 is 8.57. The molecule has 1 amide bonds. The monoisotopic (exact) mass is 394 g/mol. The van der Waals surface area contributed by atoms with Gasteiger partial charge < -0.3 is 9.30 Å². The van der Waals surface area contributed by atoms with Crippen molar-refractivity contribution in [3.05, 3.63) is 88.2 Å². The van der Waals surface area contributed by atoms with Gasteiger partial charge in [-0.15, -0.1) is 0 Å². The first-order valence-corrected chi connectivity index (χ1v) is 9.47. The van der Waals surface area contributed by atoms with Gasteiger partial charge >= 0.3 is 0 Å². The number of aromatic nitrogens is 1. The number of hydrogen-bond acceptors (Lipinski definition) is 3. The van der Waals surface area contributed by atoms with Gasteiger partial charge in [-0.05, 0) is 48.5 Å². The molecule has 4 nitrogen and oxygen atoms in total. The minimum absolute atomic E-state index is 0.306. The zero-order valence-corrected chi connectivity index (χ0v) is 16.0. The highest BCUT2D eigenvalue weighted by molar-refractivity contribution is 7.16. The maximum absolute atomic E-state index is 12.6. The van der Waals surface area contributed by atoms with Gasteiger partial charge in [-0.25, -0.2) is 0 Å². The van der Waals surface area contributed by atoms with E-state index in [0.29, 0.717) is 21.1 Å². The summed E-state index contributed by atoms with van der Waals surface area (Å²) in [5.41, 5.74) is 1.38. The van der Waals surface area contributed by atoms with Crippen LogP contribution in [0.1, 0.15) is 10.4 Å². The van der Waals surface area contributed by atoms with E-state index < -0.39 is 0 Å². The summed E-state index contributed by atoms with van der Waals surface area (Å²) in [5.74, 6) is 1.10. The number of para-hydroxylation sites is 2. The van der Waals surface area contributed by atoms with Crippen molar-refractivity contribution in [3.63, 3.8) is 0 Å². The Kier molecular flexibility index (Phi) is 4.79. The Morgan fingerprint density at radius 1 is 0.963 bits per heavy atom. The zero-order valence-electron chi connectivity index (χ0n) is 14.4. The minimum atomic E-state index is -0.306. The molecule has 1 heterocycles. The van der Waals surface area contributed by atoms with Crippen LogP contribution in [-0.4, -0.2) is 10.5 Å². The van der Waals surface area contributed by atoms with Crippen LogP contribution in [-0.2, 0) is 7.05 Å². The van der Waals surface area contributed by atoms with E-state index >= 15 is 0 Å². The van der Waals surface area contributed by atoms with Crippen molar-refractivity contribution in [1.82, 2.24) is 4.57 Å². The van der Waals surface area contributed by atoms with Crippen LogP contribution in [0.4, 0.5) is 0 Å². The zero-order chi connectivity index (χ0) is 18.8. The highest BCUT2D eigenvalue weighted by Crippen LogP contribution is 2.25. The van der Waals surface area contributed by atoms with Crippen LogP contribution in [0.25, 0.3) is 10.2 Å². The van der Waals surface area contributed by atoms with Crippen molar-refractivity contribution < 1.29 is 9.53 Å². The predicted molar refractivity (Wildman–Crippen MR) is 109 cm³/mol. The number of thiazole rings is 1. The van der Waals surface area contributed by atoms with E-state index in [2.05, 4.69) is 4.99 Å². The summed E-state index contributed by atoms with van der Waals surface area (Å²) in [7, 11) is 1.85. The fourth-order valence-corrected chi connectivity index (χ4v) is 4.11. The van der Waals surface area contributed by atoms with Crippen molar-refractivity contribution in [1.29, 1.82) is 0 Å². The van der Waals surface area contributed by atoms with E-state index in [1.54, 1.807) is 24.3 Å². The second-order valence-corrected chi connectivity index (χ2v) is 7.30. The van der Waals surface area contributed by atoms with Gasteiger partial charge in [0, 0.05) is 12.6 Å². The number of amides is 1. The molecule has 134 valence electrons. The third-order valence-electron chi connectivity index (χ3n) is 4.05. The largest absolute Gasteiger partial charge is 0.457 e. The van der Waals surface area contributed by atoms with Crippen LogP contribution in [0.15, 0.2) is 77.8 Å². The second kappa shape index (κ2) is 7.39. The molecule has 0 fully saturated rings. The SMILES string of the molecule is Cn1c(=NC(=O)c2ccc(Oc3ccccc3)cc2)sc2cccc(Cl)c21. The van der Waals surface area contributed by atoms with Crippen LogP contribution in [0.5, 0.6) is 11.5 Å². The highest BCUT2D eigenvalue weighted by atomic mass is 35.5. The number of rotatable bonds is 3.